The molecule has 36 heavy (non-hydrogen) atoms. The predicted molar refractivity (Wildman–Crippen MR) is 139 cm³/mol. The first-order valence-corrected chi connectivity index (χ1v) is 12.1. The minimum absolute atomic E-state index is 0.447. The van der Waals surface area contributed by atoms with Crippen LogP contribution in [0.3, 0.4) is 0 Å². The second kappa shape index (κ2) is 8.41. The van der Waals surface area contributed by atoms with Crippen LogP contribution >= 0.6 is 0 Å². The molecule has 0 unspecified atom stereocenters. The molecule has 0 radical (unpaired) electrons. The van der Waals surface area contributed by atoms with E-state index in [-0.39, 0.29) is 0 Å². The van der Waals surface area contributed by atoms with E-state index in [1.807, 2.05) is 26.0 Å². The summed E-state index contributed by atoms with van der Waals surface area (Å²) in [5.41, 5.74) is 11.3. The molecule has 3 aromatic heterocycles. The summed E-state index contributed by atoms with van der Waals surface area (Å²) in [6.07, 6.45) is 0.801. The monoisotopic (exact) mass is 477 g/mol. The first-order chi connectivity index (χ1) is 17.5. The Bertz CT molecular complexity index is 1660. The lowest BCUT2D eigenvalue weighted by molar-refractivity contribution is 0.307. The molecule has 4 heterocycles. The fraction of sp³-hybridized carbons (Fsp3) is 0.250. The zero-order chi connectivity index (χ0) is 25.0. The lowest BCUT2D eigenvalue weighted by Crippen LogP contribution is -2.05. The van der Waals surface area contributed by atoms with E-state index in [2.05, 4.69) is 76.3 Å². The van der Waals surface area contributed by atoms with Gasteiger partial charge in [0, 0.05) is 34.5 Å². The number of hydrogen-bond acceptors (Lipinski definition) is 6. The average molecular weight is 478 g/mol. The highest BCUT2D eigenvalue weighted by Crippen LogP contribution is 2.42. The molecule has 1 N–H and O–H groups in total. The topological polar surface area (TPSA) is 94.4 Å². The SMILES string of the molecule is CCc1nc2c(C)cc(C)nc2n1-c1ccc2c(c1)COc1cccc(C)c1/C2=C(/C)c1nn[nH]n1. The summed E-state index contributed by atoms with van der Waals surface area (Å²) in [5.74, 6) is 2.40. The van der Waals surface area contributed by atoms with Gasteiger partial charge in [0.15, 0.2) is 5.65 Å². The number of aromatic amines is 1. The number of nitrogens with zero attached hydrogens (tertiary/aromatic N) is 6. The van der Waals surface area contributed by atoms with Gasteiger partial charge in [-0.2, -0.15) is 5.21 Å². The Hall–Kier alpha value is -4.33. The van der Waals surface area contributed by atoms with E-state index in [4.69, 9.17) is 14.7 Å². The Morgan fingerprint density at radius 1 is 1.06 bits per heavy atom. The van der Waals surface area contributed by atoms with Gasteiger partial charge >= 0.3 is 0 Å². The summed E-state index contributed by atoms with van der Waals surface area (Å²) in [6, 6.07) is 14.7. The number of benzene rings is 2. The number of allylic oxidation sites excluding steroid dienone is 1. The fourth-order valence-corrected chi connectivity index (χ4v) is 5.19. The first-order valence-electron chi connectivity index (χ1n) is 12.1. The van der Waals surface area contributed by atoms with Crippen molar-refractivity contribution in [2.24, 2.45) is 0 Å². The molecule has 0 spiro atoms. The van der Waals surface area contributed by atoms with E-state index in [0.29, 0.717) is 12.4 Å². The quantitative estimate of drug-likeness (QED) is 0.379. The van der Waals surface area contributed by atoms with Gasteiger partial charge in [0.2, 0.25) is 5.82 Å². The smallest absolute Gasteiger partial charge is 0.201 e. The van der Waals surface area contributed by atoms with E-state index in [1.54, 1.807) is 0 Å². The normalized spacial score (nSPS) is 14.2. The van der Waals surface area contributed by atoms with Gasteiger partial charge in [-0.1, -0.05) is 25.1 Å². The number of fused-ring (bicyclic) bond motifs is 3. The Morgan fingerprint density at radius 3 is 2.69 bits per heavy atom. The van der Waals surface area contributed by atoms with E-state index in [9.17, 15) is 0 Å². The molecule has 0 aliphatic carbocycles. The third-order valence-electron chi connectivity index (χ3n) is 6.86. The van der Waals surface area contributed by atoms with Crippen LogP contribution in [0, 0.1) is 20.8 Å². The summed E-state index contributed by atoms with van der Waals surface area (Å²) in [4.78, 5) is 9.80. The lowest BCUT2D eigenvalue weighted by Gasteiger charge is -2.16. The zero-order valence-corrected chi connectivity index (χ0v) is 21.0. The van der Waals surface area contributed by atoms with Crippen molar-refractivity contribution in [1.82, 2.24) is 35.2 Å². The molecule has 0 fully saturated rings. The summed E-state index contributed by atoms with van der Waals surface area (Å²) < 4.78 is 8.54. The molecule has 0 saturated carbocycles. The van der Waals surface area contributed by atoms with E-state index in [1.165, 1.54) is 0 Å². The molecule has 0 saturated heterocycles. The highest BCUT2D eigenvalue weighted by atomic mass is 16.5. The molecule has 180 valence electrons. The van der Waals surface area contributed by atoms with Crippen molar-refractivity contribution in [3.63, 3.8) is 0 Å². The largest absolute Gasteiger partial charge is 0.488 e. The predicted octanol–water partition coefficient (Wildman–Crippen LogP) is 5.29. The minimum atomic E-state index is 0.447. The Labute approximate surface area is 209 Å². The van der Waals surface area contributed by atoms with Crippen LogP contribution in [-0.2, 0) is 13.0 Å². The summed E-state index contributed by atoms with van der Waals surface area (Å²) >= 11 is 0. The van der Waals surface area contributed by atoms with E-state index >= 15 is 0 Å². The number of hydrogen-bond donors (Lipinski definition) is 1. The maximum Gasteiger partial charge on any atom is 0.201 e. The number of pyridine rings is 1. The van der Waals surface area contributed by atoms with Crippen LogP contribution < -0.4 is 4.74 Å². The Balaban J connectivity index is 1.61. The number of ether oxygens (including phenoxy) is 1. The molecule has 0 atom stereocenters. The molecular formula is C28H27N7O. The molecule has 1 aliphatic heterocycles. The molecule has 1 aliphatic rings. The van der Waals surface area contributed by atoms with Gasteiger partial charge in [0.05, 0.1) is 0 Å². The molecule has 0 amide bonds. The van der Waals surface area contributed by atoms with Gasteiger partial charge in [-0.3, -0.25) is 4.57 Å². The first kappa shape index (κ1) is 22.2. The number of tetrazole rings is 1. The number of nitrogens with one attached hydrogen (secondary N) is 1. The Kier molecular flexibility index (Phi) is 5.17. The van der Waals surface area contributed by atoms with Crippen LogP contribution in [0.5, 0.6) is 5.75 Å². The van der Waals surface area contributed by atoms with Crippen LogP contribution in [0.15, 0.2) is 42.5 Å². The van der Waals surface area contributed by atoms with Gasteiger partial charge in [-0.05, 0) is 79.4 Å². The van der Waals surface area contributed by atoms with Gasteiger partial charge in [0.1, 0.15) is 23.7 Å². The molecule has 0 bridgehead atoms. The number of rotatable bonds is 3. The number of imidazole rings is 1. The Morgan fingerprint density at radius 2 is 1.92 bits per heavy atom. The standard InChI is InChI=1S/C28H27N7O/c1-6-23-30-26-16(3)12-17(4)29-28(26)35(23)20-10-11-21-19(13-20)14-36-22-9-7-8-15(2)24(22)25(21)18(5)27-31-33-34-32-27/h7-13H,6,14H2,1-5H3,(H,31,32,33,34)/b25-18-. The summed E-state index contributed by atoms with van der Waals surface area (Å²) in [6.45, 7) is 10.8. The van der Waals surface area contributed by atoms with Crippen LogP contribution in [0.1, 0.15) is 59.0 Å². The second-order valence-electron chi connectivity index (χ2n) is 9.28. The zero-order valence-electron chi connectivity index (χ0n) is 21.0. The van der Waals surface area contributed by atoms with Crippen LogP contribution in [-0.4, -0.2) is 35.2 Å². The number of aromatic nitrogens is 7. The van der Waals surface area contributed by atoms with E-state index < -0.39 is 0 Å². The highest BCUT2D eigenvalue weighted by Gasteiger charge is 2.25. The molecule has 5 aromatic rings. The van der Waals surface area contributed by atoms with Crippen LogP contribution in [0.2, 0.25) is 0 Å². The minimum Gasteiger partial charge on any atom is -0.488 e. The lowest BCUT2D eigenvalue weighted by atomic mass is 9.88. The average Bonchev–Trinajstić information content (AvgIpc) is 3.49. The third kappa shape index (κ3) is 3.40. The van der Waals surface area contributed by atoms with Crippen molar-refractivity contribution >= 4 is 22.3 Å². The third-order valence-corrected chi connectivity index (χ3v) is 6.86. The summed E-state index contributed by atoms with van der Waals surface area (Å²) in [7, 11) is 0. The van der Waals surface area contributed by atoms with Crippen LogP contribution in [0.4, 0.5) is 0 Å². The number of aryl methyl sites for hydroxylation is 4. The van der Waals surface area contributed by atoms with Crippen molar-refractivity contribution < 1.29 is 4.74 Å². The highest BCUT2D eigenvalue weighted by molar-refractivity contribution is 6.00. The van der Waals surface area contributed by atoms with Gasteiger partial charge in [-0.15, -0.1) is 10.2 Å². The van der Waals surface area contributed by atoms with Gasteiger partial charge in [-0.25, -0.2) is 9.97 Å². The second-order valence-corrected chi connectivity index (χ2v) is 9.28. The van der Waals surface area contributed by atoms with Crippen molar-refractivity contribution in [1.29, 1.82) is 0 Å². The van der Waals surface area contributed by atoms with Crippen molar-refractivity contribution in [2.75, 3.05) is 0 Å². The van der Waals surface area contributed by atoms with Crippen LogP contribution in [0.25, 0.3) is 28.0 Å². The maximum atomic E-state index is 6.37. The summed E-state index contributed by atoms with van der Waals surface area (Å²) in [5, 5.41) is 14.9. The molecule has 6 rings (SSSR count). The fourth-order valence-electron chi connectivity index (χ4n) is 5.19. The van der Waals surface area contributed by atoms with Crippen molar-refractivity contribution in [2.45, 2.75) is 47.6 Å². The maximum absolute atomic E-state index is 6.37. The van der Waals surface area contributed by atoms with Gasteiger partial charge in [0.25, 0.3) is 0 Å². The van der Waals surface area contributed by atoms with Gasteiger partial charge < -0.3 is 4.74 Å². The molecular weight excluding hydrogens is 450 g/mol. The molecule has 8 heteroatoms. The van der Waals surface area contributed by atoms with Crippen molar-refractivity contribution in [3.05, 3.63) is 87.6 Å². The van der Waals surface area contributed by atoms with E-state index in [0.717, 1.165) is 79.5 Å². The van der Waals surface area contributed by atoms with Crippen molar-refractivity contribution in [3.8, 4) is 11.4 Å². The molecule has 8 nitrogen and oxygen atoms in total. The molecule has 2 aromatic carbocycles. The number of H-pyrrole nitrogens is 1.